The molecule has 1 aromatic carbocycles. The number of rotatable bonds is 8. The predicted molar refractivity (Wildman–Crippen MR) is 107 cm³/mol. The summed E-state index contributed by atoms with van der Waals surface area (Å²) in [6.07, 6.45) is 0.334. The van der Waals surface area contributed by atoms with Crippen LogP contribution in [0.5, 0.6) is 5.75 Å². The Bertz CT molecular complexity index is 826. The van der Waals surface area contributed by atoms with E-state index in [1.54, 1.807) is 11.3 Å². The monoisotopic (exact) mass is 386 g/mol. The molecular formula is C20H22N2O2S2. The molecule has 0 fully saturated rings. The third-order valence-electron chi connectivity index (χ3n) is 3.98. The zero-order chi connectivity index (χ0) is 18.4. The van der Waals surface area contributed by atoms with Gasteiger partial charge in [-0.3, -0.25) is 4.79 Å². The molecule has 0 aliphatic heterocycles. The van der Waals surface area contributed by atoms with E-state index < -0.39 is 0 Å². The van der Waals surface area contributed by atoms with E-state index in [1.165, 1.54) is 21.8 Å². The van der Waals surface area contributed by atoms with Crippen LogP contribution in [0.1, 0.15) is 28.1 Å². The van der Waals surface area contributed by atoms with Gasteiger partial charge in [-0.2, -0.15) is 0 Å². The number of likely N-dealkylation sites (N-methyl/N-ethyl adjacent to an activating group) is 1. The molecule has 0 N–H and O–H groups in total. The van der Waals surface area contributed by atoms with E-state index in [4.69, 9.17) is 4.74 Å². The number of carbonyl (C=O) groups is 1. The molecule has 0 saturated carbocycles. The van der Waals surface area contributed by atoms with E-state index >= 15 is 0 Å². The molecule has 6 heteroatoms. The third-order valence-corrected chi connectivity index (χ3v) is 5.71. The molecule has 0 bridgehead atoms. The average molecular weight is 387 g/mol. The molecule has 4 nitrogen and oxygen atoms in total. The number of benzene rings is 1. The van der Waals surface area contributed by atoms with Crippen molar-refractivity contribution in [3.63, 3.8) is 0 Å². The van der Waals surface area contributed by atoms with E-state index in [0.29, 0.717) is 26.1 Å². The van der Waals surface area contributed by atoms with E-state index in [-0.39, 0.29) is 5.91 Å². The molecule has 0 radical (unpaired) electrons. The SMILES string of the molecule is CCN(Cc1cccs1)C(=O)Cc1csc(COc2ccc(C)cc2)n1. The van der Waals surface area contributed by atoms with Crippen molar-refractivity contribution >= 4 is 28.6 Å². The van der Waals surface area contributed by atoms with Crippen LogP contribution in [-0.2, 0) is 24.4 Å². The molecule has 2 aromatic heterocycles. The van der Waals surface area contributed by atoms with Crippen LogP contribution < -0.4 is 4.74 Å². The normalized spacial score (nSPS) is 10.7. The Morgan fingerprint density at radius 3 is 2.69 bits per heavy atom. The lowest BCUT2D eigenvalue weighted by Gasteiger charge is -2.19. The lowest BCUT2D eigenvalue weighted by atomic mass is 10.2. The van der Waals surface area contributed by atoms with Crippen molar-refractivity contribution in [2.45, 2.75) is 33.4 Å². The summed E-state index contributed by atoms with van der Waals surface area (Å²) >= 11 is 3.21. The van der Waals surface area contributed by atoms with Gasteiger partial charge in [-0.25, -0.2) is 4.98 Å². The van der Waals surface area contributed by atoms with Crippen LogP contribution in [0.15, 0.2) is 47.2 Å². The standard InChI is InChI=1S/C20H22N2O2S2/c1-3-22(12-18-5-4-10-25-18)20(23)11-16-14-26-19(21-16)13-24-17-8-6-15(2)7-9-17/h4-10,14H,3,11-13H2,1-2H3. The van der Waals surface area contributed by atoms with Crippen LogP contribution in [0.4, 0.5) is 0 Å². The topological polar surface area (TPSA) is 42.4 Å². The largest absolute Gasteiger partial charge is 0.486 e. The second-order valence-electron chi connectivity index (χ2n) is 6.00. The molecule has 0 spiro atoms. The van der Waals surface area contributed by atoms with Gasteiger partial charge >= 0.3 is 0 Å². The Balaban J connectivity index is 1.53. The van der Waals surface area contributed by atoms with E-state index in [9.17, 15) is 4.79 Å². The van der Waals surface area contributed by atoms with Gasteiger partial charge in [0.15, 0.2) is 0 Å². The molecule has 3 rings (SSSR count). The molecule has 0 unspecified atom stereocenters. The Morgan fingerprint density at radius 2 is 2.00 bits per heavy atom. The van der Waals surface area contributed by atoms with E-state index in [2.05, 4.69) is 11.1 Å². The fourth-order valence-electron chi connectivity index (χ4n) is 2.51. The molecule has 1 amide bonds. The Morgan fingerprint density at radius 1 is 1.19 bits per heavy atom. The maximum atomic E-state index is 12.6. The summed E-state index contributed by atoms with van der Waals surface area (Å²) < 4.78 is 5.76. The van der Waals surface area contributed by atoms with Crippen molar-refractivity contribution in [1.29, 1.82) is 0 Å². The number of aryl methyl sites for hydroxylation is 1. The lowest BCUT2D eigenvalue weighted by Crippen LogP contribution is -2.31. The summed E-state index contributed by atoms with van der Waals surface area (Å²) in [6.45, 7) is 5.85. The second kappa shape index (κ2) is 8.96. The first-order valence-corrected chi connectivity index (χ1v) is 10.3. The number of hydrogen-bond acceptors (Lipinski definition) is 5. The van der Waals surface area contributed by atoms with Gasteiger partial charge in [-0.1, -0.05) is 23.8 Å². The minimum Gasteiger partial charge on any atom is -0.486 e. The molecule has 26 heavy (non-hydrogen) atoms. The molecule has 2 heterocycles. The highest BCUT2D eigenvalue weighted by Gasteiger charge is 2.15. The molecule has 0 aliphatic rings. The number of thiazole rings is 1. The third kappa shape index (κ3) is 5.16. The van der Waals surface area contributed by atoms with Crippen molar-refractivity contribution in [2.24, 2.45) is 0 Å². The molecule has 0 saturated heterocycles. The van der Waals surface area contributed by atoms with Crippen LogP contribution in [0.25, 0.3) is 0 Å². The highest BCUT2D eigenvalue weighted by atomic mass is 32.1. The summed E-state index contributed by atoms with van der Waals surface area (Å²) in [7, 11) is 0. The summed E-state index contributed by atoms with van der Waals surface area (Å²) in [5.41, 5.74) is 2.02. The number of aromatic nitrogens is 1. The minimum absolute atomic E-state index is 0.109. The average Bonchev–Trinajstić information content (AvgIpc) is 3.31. The first-order valence-electron chi connectivity index (χ1n) is 8.57. The summed E-state index contributed by atoms with van der Waals surface area (Å²) in [5, 5.41) is 4.87. The Kier molecular flexibility index (Phi) is 6.41. The predicted octanol–water partition coefficient (Wildman–Crippen LogP) is 4.68. The number of ether oxygens (including phenoxy) is 1. The number of hydrogen-bond donors (Lipinski definition) is 0. The van der Waals surface area contributed by atoms with Crippen LogP contribution in [0.3, 0.4) is 0 Å². The molecule has 3 aromatic rings. The van der Waals surface area contributed by atoms with Crippen molar-refractivity contribution in [1.82, 2.24) is 9.88 Å². The lowest BCUT2D eigenvalue weighted by molar-refractivity contribution is -0.130. The fourth-order valence-corrected chi connectivity index (χ4v) is 3.93. The van der Waals surface area contributed by atoms with Crippen LogP contribution in [0, 0.1) is 6.92 Å². The van der Waals surface area contributed by atoms with Gasteiger partial charge in [0.2, 0.25) is 5.91 Å². The number of thiophene rings is 1. The maximum absolute atomic E-state index is 12.6. The van der Waals surface area contributed by atoms with Crippen LogP contribution in [0.2, 0.25) is 0 Å². The van der Waals surface area contributed by atoms with E-state index in [0.717, 1.165) is 16.5 Å². The van der Waals surface area contributed by atoms with Gasteiger partial charge in [0.1, 0.15) is 17.4 Å². The first kappa shape index (κ1) is 18.6. The number of nitrogens with zero attached hydrogens (tertiary/aromatic N) is 2. The fraction of sp³-hybridized carbons (Fsp3) is 0.300. The van der Waals surface area contributed by atoms with Crippen molar-refractivity contribution < 1.29 is 9.53 Å². The summed E-state index contributed by atoms with van der Waals surface area (Å²) in [4.78, 5) is 20.2. The number of amides is 1. The van der Waals surface area contributed by atoms with Crippen LogP contribution in [-0.4, -0.2) is 22.3 Å². The molecule has 136 valence electrons. The van der Waals surface area contributed by atoms with Gasteiger partial charge in [-0.05, 0) is 37.4 Å². The van der Waals surface area contributed by atoms with E-state index in [1.807, 2.05) is 59.8 Å². The minimum atomic E-state index is 0.109. The first-order chi connectivity index (χ1) is 12.6. The van der Waals surface area contributed by atoms with Gasteiger partial charge in [0.25, 0.3) is 0 Å². The van der Waals surface area contributed by atoms with Gasteiger partial charge in [0, 0.05) is 16.8 Å². The van der Waals surface area contributed by atoms with Gasteiger partial charge < -0.3 is 9.64 Å². The summed E-state index contributed by atoms with van der Waals surface area (Å²) in [5.74, 6) is 0.939. The molecular weight excluding hydrogens is 364 g/mol. The second-order valence-corrected chi connectivity index (χ2v) is 7.97. The Hall–Kier alpha value is -2.18. The van der Waals surface area contributed by atoms with Crippen molar-refractivity contribution in [2.75, 3.05) is 6.54 Å². The summed E-state index contributed by atoms with van der Waals surface area (Å²) in [6, 6.07) is 12.0. The highest BCUT2D eigenvalue weighted by Crippen LogP contribution is 2.17. The zero-order valence-corrected chi connectivity index (χ0v) is 16.6. The van der Waals surface area contributed by atoms with Crippen molar-refractivity contribution in [3.05, 3.63) is 68.3 Å². The highest BCUT2D eigenvalue weighted by molar-refractivity contribution is 7.10. The maximum Gasteiger partial charge on any atom is 0.228 e. The Labute approximate surface area is 162 Å². The van der Waals surface area contributed by atoms with Gasteiger partial charge in [0.05, 0.1) is 18.7 Å². The smallest absolute Gasteiger partial charge is 0.228 e. The van der Waals surface area contributed by atoms with Gasteiger partial charge in [-0.15, -0.1) is 22.7 Å². The molecule has 0 aliphatic carbocycles. The zero-order valence-electron chi connectivity index (χ0n) is 15.0. The number of carbonyl (C=O) groups excluding carboxylic acids is 1. The van der Waals surface area contributed by atoms with Crippen molar-refractivity contribution in [3.8, 4) is 5.75 Å². The van der Waals surface area contributed by atoms with Crippen LogP contribution >= 0.6 is 22.7 Å². The quantitative estimate of drug-likeness (QED) is 0.564. The molecule has 0 atom stereocenters.